The molecular weight excluding hydrogens is 291 g/mol. The Balaban J connectivity index is 1.93. The van der Waals surface area contributed by atoms with E-state index in [0.717, 1.165) is 17.8 Å². The molecule has 4 nitrogen and oxygen atoms in total. The highest BCUT2D eigenvalue weighted by Gasteiger charge is 2.39. The maximum Gasteiger partial charge on any atom is 0.211 e. The molecule has 0 saturated heterocycles. The van der Waals surface area contributed by atoms with E-state index in [1.807, 2.05) is 6.08 Å². The molecule has 1 aromatic rings. The Labute approximate surface area is 124 Å². The second-order valence-corrected chi connectivity index (χ2v) is 7.96. The number of hydrogen-bond donors (Lipinski definition) is 1. The molecule has 6 heteroatoms. The van der Waals surface area contributed by atoms with E-state index < -0.39 is 10.0 Å². The highest BCUT2D eigenvalue weighted by molar-refractivity contribution is 7.88. The first-order valence-corrected chi connectivity index (χ1v) is 8.84. The van der Waals surface area contributed by atoms with Gasteiger partial charge in [-0.1, -0.05) is 11.6 Å². The third-order valence-electron chi connectivity index (χ3n) is 4.56. The Kier molecular flexibility index (Phi) is 3.33. The number of fused-ring (bicyclic) bond motifs is 1. The molecule has 0 radical (unpaired) electrons. The summed E-state index contributed by atoms with van der Waals surface area (Å²) in [4.78, 5) is 0. The van der Waals surface area contributed by atoms with Crippen LogP contribution in [0.4, 0.5) is 10.1 Å². The van der Waals surface area contributed by atoms with Crippen LogP contribution < -0.4 is 5.32 Å². The van der Waals surface area contributed by atoms with Crippen molar-refractivity contribution in [2.45, 2.75) is 18.8 Å². The van der Waals surface area contributed by atoms with Crippen LogP contribution >= 0.6 is 0 Å². The fourth-order valence-corrected chi connectivity index (χ4v) is 4.00. The first-order valence-electron chi connectivity index (χ1n) is 6.99. The molecule has 21 heavy (non-hydrogen) atoms. The normalized spacial score (nSPS) is 26.1. The third-order valence-corrected chi connectivity index (χ3v) is 5.83. The van der Waals surface area contributed by atoms with Gasteiger partial charge in [0.1, 0.15) is 5.82 Å². The highest BCUT2D eigenvalue weighted by Crippen LogP contribution is 2.43. The van der Waals surface area contributed by atoms with Crippen LogP contribution in [-0.2, 0) is 15.4 Å². The van der Waals surface area contributed by atoms with Crippen molar-refractivity contribution in [1.82, 2.24) is 4.31 Å². The predicted octanol–water partition coefficient (Wildman–Crippen LogP) is 2.10. The van der Waals surface area contributed by atoms with E-state index in [9.17, 15) is 12.8 Å². The lowest BCUT2D eigenvalue weighted by Crippen LogP contribution is -2.38. The second-order valence-electron chi connectivity index (χ2n) is 5.98. The second kappa shape index (κ2) is 4.81. The monoisotopic (exact) mass is 310 g/mol. The topological polar surface area (TPSA) is 49.4 Å². The molecule has 0 amide bonds. The van der Waals surface area contributed by atoms with E-state index >= 15 is 0 Å². The minimum atomic E-state index is -3.15. The number of hydrogen-bond acceptors (Lipinski definition) is 3. The van der Waals surface area contributed by atoms with Crippen LogP contribution in [0.1, 0.15) is 18.9 Å². The zero-order valence-electron chi connectivity index (χ0n) is 12.2. The molecule has 1 atom stereocenters. The molecule has 2 heterocycles. The van der Waals surface area contributed by atoms with Gasteiger partial charge in [0.05, 0.1) is 6.26 Å². The van der Waals surface area contributed by atoms with Gasteiger partial charge in [-0.15, -0.1) is 0 Å². The molecule has 0 fully saturated rings. The average Bonchev–Trinajstić information content (AvgIpc) is 2.77. The van der Waals surface area contributed by atoms with Crippen molar-refractivity contribution in [1.29, 1.82) is 0 Å². The maximum atomic E-state index is 13.6. The van der Waals surface area contributed by atoms with Crippen LogP contribution in [0, 0.1) is 5.82 Å². The first-order chi connectivity index (χ1) is 9.80. The fourth-order valence-electron chi connectivity index (χ4n) is 3.23. The fraction of sp³-hybridized carbons (Fsp3) is 0.467. The summed E-state index contributed by atoms with van der Waals surface area (Å²) >= 11 is 0. The van der Waals surface area contributed by atoms with Crippen LogP contribution in [-0.4, -0.2) is 38.6 Å². The van der Waals surface area contributed by atoms with Gasteiger partial charge in [-0.05, 0) is 37.1 Å². The van der Waals surface area contributed by atoms with Crippen molar-refractivity contribution in [2.75, 3.05) is 31.2 Å². The van der Waals surface area contributed by atoms with Gasteiger partial charge in [-0.2, -0.15) is 4.31 Å². The Bertz CT molecular complexity index is 714. The van der Waals surface area contributed by atoms with Gasteiger partial charge in [0.15, 0.2) is 0 Å². The lowest BCUT2D eigenvalue weighted by Gasteiger charge is -2.33. The van der Waals surface area contributed by atoms with Crippen molar-refractivity contribution in [3.8, 4) is 0 Å². The zero-order valence-corrected chi connectivity index (χ0v) is 13.0. The van der Waals surface area contributed by atoms with E-state index in [2.05, 4.69) is 12.2 Å². The molecule has 0 bridgehead atoms. The van der Waals surface area contributed by atoms with Crippen molar-refractivity contribution in [2.24, 2.45) is 0 Å². The summed E-state index contributed by atoms with van der Waals surface area (Å²) in [5.74, 6) is -0.238. The molecule has 1 N–H and O–H groups in total. The van der Waals surface area contributed by atoms with Gasteiger partial charge in [-0.25, -0.2) is 12.8 Å². The van der Waals surface area contributed by atoms with E-state index in [0.29, 0.717) is 19.5 Å². The minimum Gasteiger partial charge on any atom is -0.384 e. The van der Waals surface area contributed by atoms with Crippen LogP contribution in [0.3, 0.4) is 0 Å². The molecule has 2 aliphatic heterocycles. The smallest absolute Gasteiger partial charge is 0.211 e. The summed E-state index contributed by atoms with van der Waals surface area (Å²) in [6.45, 7) is 3.70. The zero-order chi connectivity index (χ0) is 15.3. The van der Waals surface area contributed by atoms with Gasteiger partial charge in [0.25, 0.3) is 0 Å². The maximum absolute atomic E-state index is 13.6. The summed E-state index contributed by atoms with van der Waals surface area (Å²) in [7, 11) is -3.15. The first kappa shape index (κ1) is 14.5. The number of halogens is 1. The summed E-state index contributed by atoms with van der Waals surface area (Å²) in [5.41, 5.74) is 2.84. The van der Waals surface area contributed by atoms with E-state index in [1.54, 1.807) is 12.1 Å². The van der Waals surface area contributed by atoms with Crippen molar-refractivity contribution in [3.63, 3.8) is 0 Å². The lowest BCUT2D eigenvalue weighted by atomic mass is 9.75. The molecule has 3 rings (SSSR count). The lowest BCUT2D eigenvalue weighted by molar-refractivity contribution is 0.415. The number of rotatable bonds is 2. The van der Waals surface area contributed by atoms with Crippen molar-refractivity contribution < 1.29 is 12.8 Å². The van der Waals surface area contributed by atoms with Crippen LogP contribution in [0.2, 0.25) is 0 Å². The Hall–Kier alpha value is -1.40. The molecule has 1 aromatic carbocycles. The van der Waals surface area contributed by atoms with Gasteiger partial charge in [0, 0.05) is 30.7 Å². The summed E-state index contributed by atoms with van der Waals surface area (Å²) in [6, 6.07) is 4.80. The highest BCUT2D eigenvalue weighted by atomic mass is 32.2. The van der Waals surface area contributed by atoms with Crippen LogP contribution in [0.5, 0.6) is 0 Å². The molecule has 0 spiro atoms. The van der Waals surface area contributed by atoms with Crippen molar-refractivity contribution >= 4 is 15.7 Å². The van der Waals surface area contributed by atoms with Gasteiger partial charge in [0.2, 0.25) is 10.0 Å². The largest absolute Gasteiger partial charge is 0.384 e. The minimum absolute atomic E-state index is 0.238. The average molecular weight is 310 g/mol. The number of anilines is 1. The SMILES string of the molecule is CC1(C2=CCN(S(C)(=O)=O)CC2)CNc2ccc(F)cc21. The van der Waals surface area contributed by atoms with E-state index in [4.69, 9.17) is 0 Å². The standard InChI is InChI=1S/C15H19FN2O2S/c1-15(10-17-14-4-3-12(16)9-13(14)15)11-5-7-18(8-6-11)21(2,19)20/h3-5,9,17H,6-8,10H2,1-2H3. The number of sulfonamides is 1. The third kappa shape index (κ3) is 2.46. The summed E-state index contributed by atoms with van der Waals surface area (Å²) < 4.78 is 38.2. The molecule has 0 saturated carbocycles. The molecule has 1 unspecified atom stereocenters. The van der Waals surface area contributed by atoms with Crippen LogP contribution in [0.15, 0.2) is 29.8 Å². The predicted molar refractivity (Wildman–Crippen MR) is 81.4 cm³/mol. The Morgan fingerprint density at radius 2 is 2.14 bits per heavy atom. The summed E-state index contributed by atoms with van der Waals surface area (Å²) in [6.07, 6.45) is 3.89. The quantitative estimate of drug-likeness (QED) is 0.851. The molecular formula is C15H19FN2O2S. The Morgan fingerprint density at radius 1 is 1.38 bits per heavy atom. The van der Waals surface area contributed by atoms with Crippen molar-refractivity contribution in [3.05, 3.63) is 41.2 Å². The number of benzene rings is 1. The van der Waals surface area contributed by atoms with E-state index in [-0.39, 0.29) is 11.2 Å². The molecule has 114 valence electrons. The van der Waals surface area contributed by atoms with Gasteiger partial charge in [-0.3, -0.25) is 0 Å². The number of nitrogens with zero attached hydrogens (tertiary/aromatic N) is 1. The van der Waals surface area contributed by atoms with Gasteiger partial charge >= 0.3 is 0 Å². The molecule has 0 aliphatic carbocycles. The molecule has 2 aliphatic rings. The van der Waals surface area contributed by atoms with E-state index in [1.165, 1.54) is 22.2 Å². The van der Waals surface area contributed by atoms with Crippen LogP contribution in [0.25, 0.3) is 0 Å². The Morgan fingerprint density at radius 3 is 2.76 bits per heavy atom. The van der Waals surface area contributed by atoms with Gasteiger partial charge < -0.3 is 5.32 Å². The summed E-state index contributed by atoms with van der Waals surface area (Å²) in [5, 5.41) is 3.32. The molecule has 0 aromatic heterocycles. The number of nitrogens with one attached hydrogen (secondary N) is 1.